The first kappa shape index (κ1) is 18.9. The average Bonchev–Trinajstić information content (AvgIpc) is 3.17. The second kappa shape index (κ2) is 6.73. The number of hydrogen-bond donors (Lipinski definition) is 1. The maximum absolute atomic E-state index is 11.3. The van der Waals surface area contributed by atoms with Gasteiger partial charge in [0.05, 0.1) is 18.9 Å². The summed E-state index contributed by atoms with van der Waals surface area (Å²) in [6, 6.07) is 6.66. The topological polar surface area (TPSA) is 47.3 Å². The molecule has 5 rings (SSSR count). The molecule has 0 radical (unpaired) electrons. The van der Waals surface area contributed by atoms with E-state index < -0.39 is 0 Å². The summed E-state index contributed by atoms with van der Waals surface area (Å²) >= 11 is 0. The first-order valence-corrected chi connectivity index (χ1v) is 11.0. The molecule has 3 aliphatic rings. The maximum Gasteiger partial charge on any atom is 0.119 e. The molecule has 0 saturated heterocycles. The van der Waals surface area contributed by atoms with Crippen molar-refractivity contribution in [2.75, 3.05) is 7.11 Å². The molecule has 2 aromatic rings. The number of benzene rings is 1. The Kier molecular flexibility index (Phi) is 4.39. The lowest BCUT2D eigenvalue weighted by atomic mass is 9.55. The lowest BCUT2D eigenvalue weighted by Gasteiger charge is -2.49. The number of aryl methyl sites for hydroxylation is 3. The molecule has 1 heterocycles. The van der Waals surface area contributed by atoms with Gasteiger partial charge in [-0.05, 0) is 91.7 Å². The van der Waals surface area contributed by atoms with Crippen molar-refractivity contribution in [1.82, 2.24) is 9.78 Å². The Balaban J connectivity index is 1.47. The molecule has 0 bridgehead atoms. The van der Waals surface area contributed by atoms with Gasteiger partial charge >= 0.3 is 0 Å². The van der Waals surface area contributed by atoms with Gasteiger partial charge in [0.25, 0.3) is 0 Å². The molecule has 4 heteroatoms. The number of fused-ring (bicyclic) bond motifs is 5. The molecule has 0 aliphatic heterocycles. The molecule has 154 valence electrons. The van der Waals surface area contributed by atoms with Crippen molar-refractivity contribution in [1.29, 1.82) is 0 Å². The highest BCUT2D eigenvalue weighted by atomic mass is 16.5. The highest BCUT2D eigenvalue weighted by molar-refractivity contribution is 5.57. The van der Waals surface area contributed by atoms with Crippen LogP contribution in [0.1, 0.15) is 60.9 Å². The van der Waals surface area contributed by atoms with Crippen LogP contribution in [-0.4, -0.2) is 28.1 Å². The first-order valence-electron chi connectivity index (χ1n) is 11.0. The molecule has 0 amide bonds. The Morgan fingerprint density at radius 2 is 2.14 bits per heavy atom. The lowest BCUT2D eigenvalue weighted by Crippen LogP contribution is -2.44. The van der Waals surface area contributed by atoms with Crippen molar-refractivity contribution in [3.8, 4) is 5.75 Å². The molecule has 0 unspecified atom stereocenters. The van der Waals surface area contributed by atoms with E-state index in [1.54, 1.807) is 7.11 Å². The van der Waals surface area contributed by atoms with E-state index in [9.17, 15) is 5.11 Å². The zero-order chi connectivity index (χ0) is 20.3. The summed E-state index contributed by atoms with van der Waals surface area (Å²) in [4.78, 5) is 0. The van der Waals surface area contributed by atoms with Crippen LogP contribution in [0.3, 0.4) is 0 Å². The predicted molar refractivity (Wildman–Crippen MR) is 115 cm³/mol. The van der Waals surface area contributed by atoms with E-state index in [-0.39, 0.29) is 11.5 Å². The maximum atomic E-state index is 11.3. The molecule has 5 atom stereocenters. The molecule has 2 fully saturated rings. The number of aliphatic hydroxyl groups is 1. The molecule has 1 aromatic heterocycles. The van der Waals surface area contributed by atoms with Crippen LogP contribution >= 0.6 is 0 Å². The molecular formula is C25H32N2O2. The molecule has 1 aromatic carbocycles. The van der Waals surface area contributed by atoms with Crippen LogP contribution in [0.5, 0.6) is 5.75 Å². The second-order valence-corrected chi connectivity index (χ2v) is 9.69. The fourth-order valence-corrected chi connectivity index (χ4v) is 6.64. The number of hydrogen-bond acceptors (Lipinski definition) is 3. The SMILES string of the molecule is COc1ccc2c(c1)CC[C@@H]1[C@H]3C/C(=C\c4cn(C)nc4C)[C@@H](O)[C@@]3(C)CC[C@@H]21. The normalized spacial score (nSPS) is 34.6. The molecule has 4 nitrogen and oxygen atoms in total. The van der Waals surface area contributed by atoms with E-state index in [2.05, 4.69) is 42.5 Å². The monoisotopic (exact) mass is 392 g/mol. The van der Waals surface area contributed by atoms with Gasteiger partial charge in [-0.1, -0.05) is 13.0 Å². The van der Waals surface area contributed by atoms with E-state index in [1.807, 2.05) is 18.7 Å². The summed E-state index contributed by atoms with van der Waals surface area (Å²) < 4.78 is 7.31. The Bertz CT molecular complexity index is 975. The molecule has 29 heavy (non-hydrogen) atoms. The molecule has 3 aliphatic carbocycles. The quantitative estimate of drug-likeness (QED) is 0.809. The largest absolute Gasteiger partial charge is 0.497 e. The van der Waals surface area contributed by atoms with Gasteiger partial charge in [-0.25, -0.2) is 0 Å². The summed E-state index contributed by atoms with van der Waals surface area (Å²) in [7, 11) is 3.71. The van der Waals surface area contributed by atoms with Crippen molar-refractivity contribution in [3.63, 3.8) is 0 Å². The van der Waals surface area contributed by atoms with Crippen molar-refractivity contribution >= 4 is 6.08 Å². The third-order valence-corrected chi connectivity index (χ3v) is 8.20. The van der Waals surface area contributed by atoms with Crippen LogP contribution in [0.2, 0.25) is 0 Å². The van der Waals surface area contributed by atoms with Gasteiger partial charge < -0.3 is 9.84 Å². The summed E-state index contributed by atoms with van der Waals surface area (Å²) in [6.45, 7) is 4.38. The summed E-state index contributed by atoms with van der Waals surface area (Å²) in [5.74, 6) is 2.80. The number of aliphatic hydroxyl groups excluding tert-OH is 1. The minimum atomic E-state index is -0.342. The minimum Gasteiger partial charge on any atom is -0.497 e. The molecular weight excluding hydrogens is 360 g/mol. The summed E-state index contributed by atoms with van der Waals surface area (Å²) in [5.41, 5.74) is 6.36. The zero-order valence-electron chi connectivity index (χ0n) is 18.0. The number of nitrogens with zero attached hydrogens (tertiary/aromatic N) is 2. The highest BCUT2D eigenvalue weighted by Gasteiger charge is 2.56. The fourth-order valence-electron chi connectivity index (χ4n) is 6.64. The van der Waals surface area contributed by atoms with Gasteiger partial charge in [0.15, 0.2) is 0 Å². The number of methoxy groups -OCH3 is 1. The van der Waals surface area contributed by atoms with Crippen molar-refractivity contribution in [2.24, 2.45) is 24.3 Å². The third kappa shape index (κ3) is 2.87. The Labute approximate surface area is 173 Å². The number of aromatic nitrogens is 2. The van der Waals surface area contributed by atoms with E-state index in [4.69, 9.17) is 4.74 Å². The van der Waals surface area contributed by atoms with Crippen LogP contribution in [0.25, 0.3) is 6.08 Å². The standard InChI is InChI=1S/C25H32N2O2/c1-15-18(14-27(3)26-15)11-17-13-23-22-7-5-16-12-19(29-4)6-8-20(16)21(22)9-10-25(23,2)24(17)28/h6,8,11-12,14,21-24,28H,5,7,9-10,13H2,1-4H3/b17-11+/t21-,22-,23+,24+,25-/m0/s1. The Morgan fingerprint density at radius 1 is 1.31 bits per heavy atom. The Morgan fingerprint density at radius 3 is 2.86 bits per heavy atom. The van der Waals surface area contributed by atoms with Crippen LogP contribution in [0, 0.1) is 24.2 Å². The van der Waals surface area contributed by atoms with Crippen LogP contribution in [-0.2, 0) is 13.5 Å². The third-order valence-electron chi connectivity index (χ3n) is 8.20. The smallest absolute Gasteiger partial charge is 0.119 e. The van der Waals surface area contributed by atoms with Gasteiger partial charge in [0, 0.05) is 24.2 Å². The minimum absolute atomic E-state index is 0.00686. The predicted octanol–water partition coefficient (Wildman–Crippen LogP) is 4.65. The molecule has 0 spiro atoms. The van der Waals surface area contributed by atoms with Crippen molar-refractivity contribution in [2.45, 2.75) is 58.0 Å². The van der Waals surface area contributed by atoms with Gasteiger partial charge in [0.1, 0.15) is 5.75 Å². The lowest BCUT2D eigenvalue weighted by molar-refractivity contribution is -0.0158. The van der Waals surface area contributed by atoms with E-state index in [0.29, 0.717) is 17.8 Å². The van der Waals surface area contributed by atoms with Crippen molar-refractivity contribution in [3.05, 3.63) is 52.4 Å². The van der Waals surface area contributed by atoms with Crippen molar-refractivity contribution < 1.29 is 9.84 Å². The van der Waals surface area contributed by atoms with Crippen LogP contribution < -0.4 is 4.74 Å². The van der Waals surface area contributed by atoms with Crippen LogP contribution in [0.15, 0.2) is 30.0 Å². The van der Waals surface area contributed by atoms with Gasteiger partial charge in [-0.2, -0.15) is 5.10 Å². The van der Waals surface area contributed by atoms with E-state index >= 15 is 0 Å². The van der Waals surface area contributed by atoms with Gasteiger partial charge in [-0.3, -0.25) is 4.68 Å². The summed E-state index contributed by atoms with van der Waals surface area (Å²) in [5, 5.41) is 15.8. The van der Waals surface area contributed by atoms with Gasteiger partial charge in [0.2, 0.25) is 0 Å². The van der Waals surface area contributed by atoms with E-state index in [1.165, 1.54) is 29.5 Å². The first-order chi connectivity index (χ1) is 13.9. The average molecular weight is 393 g/mol. The van der Waals surface area contributed by atoms with Crippen LogP contribution in [0.4, 0.5) is 0 Å². The fraction of sp³-hybridized carbons (Fsp3) is 0.560. The van der Waals surface area contributed by atoms with Gasteiger partial charge in [-0.15, -0.1) is 0 Å². The Hall–Kier alpha value is -2.07. The van der Waals surface area contributed by atoms with E-state index in [0.717, 1.165) is 36.3 Å². The molecule has 1 N–H and O–H groups in total. The second-order valence-electron chi connectivity index (χ2n) is 9.69. The summed E-state index contributed by atoms with van der Waals surface area (Å²) in [6.07, 6.45) is 9.56. The number of ether oxygens (including phenoxy) is 1. The zero-order valence-corrected chi connectivity index (χ0v) is 18.0. The molecule has 2 saturated carbocycles. The number of rotatable bonds is 2. The highest BCUT2D eigenvalue weighted by Crippen LogP contribution is 2.62.